The number of ether oxygens (including phenoxy) is 2. The molecular weight excluding hydrogens is 290 g/mol. The zero-order valence-electron chi connectivity index (χ0n) is 13.6. The Labute approximate surface area is 137 Å². The number of rotatable bonds is 2. The lowest BCUT2D eigenvalue weighted by Gasteiger charge is -2.37. The number of likely N-dealkylation sites (tertiary alicyclic amines) is 1. The highest BCUT2D eigenvalue weighted by molar-refractivity contribution is 5.84. The van der Waals surface area contributed by atoms with Crippen LogP contribution in [0.15, 0.2) is 24.3 Å². The molecule has 0 bridgehead atoms. The molecule has 3 aliphatic rings. The highest BCUT2D eigenvalue weighted by atomic mass is 16.7. The fourth-order valence-electron chi connectivity index (χ4n) is 4.27. The van der Waals surface area contributed by atoms with Crippen molar-refractivity contribution in [2.75, 3.05) is 26.3 Å². The normalized spacial score (nSPS) is 26.3. The van der Waals surface area contributed by atoms with Gasteiger partial charge in [0.1, 0.15) is 0 Å². The summed E-state index contributed by atoms with van der Waals surface area (Å²) in [4.78, 5) is 15.1. The molecule has 0 aromatic heterocycles. The maximum Gasteiger partial charge on any atom is 0.230 e. The summed E-state index contributed by atoms with van der Waals surface area (Å²) in [6.45, 7) is 3.10. The topological polar surface area (TPSA) is 38.8 Å². The highest BCUT2D eigenvalue weighted by Gasteiger charge is 2.35. The molecule has 1 aliphatic carbocycles. The average molecular weight is 315 g/mol. The molecule has 1 aromatic rings. The van der Waals surface area contributed by atoms with Crippen molar-refractivity contribution in [2.45, 2.75) is 44.3 Å². The smallest absolute Gasteiger partial charge is 0.230 e. The van der Waals surface area contributed by atoms with E-state index in [1.165, 1.54) is 11.1 Å². The Bertz CT molecular complexity index is 559. The lowest BCUT2D eigenvalue weighted by Crippen LogP contribution is -2.44. The van der Waals surface area contributed by atoms with Crippen molar-refractivity contribution in [3.8, 4) is 0 Å². The van der Waals surface area contributed by atoms with Gasteiger partial charge in [-0.3, -0.25) is 4.79 Å². The predicted octanol–water partition coefficient (Wildman–Crippen LogP) is 2.72. The molecule has 2 aliphatic heterocycles. The van der Waals surface area contributed by atoms with E-state index in [9.17, 15) is 4.79 Å². The van der Waals surface area contributed by atoms with E-state index in [4.69, 9.17) is 9.47 Å². The van der Waals surface area contributed by atoms with Crippen LogP contribution < -0.4 is 0 Å². The van der Waals surface area contributed by atoms with E-state index in [-0.39, 0.29) is 12.2 Å². The molecule has 0 spiro atoms. The maximum absolute atomic E-state index is 13.0. The maximum atomic E-state index is 13.0. The van der Waals surface area contributed by atoms with E-state index in [1.54, 1.807) is 0 Å². The van der Waals surface area contributed by atoms with Crippen LogP contribution >= 0.6 is 0 Å². The minimum absolute atomic E-state index is 0.0392. The minimum Gasteiger partial charge on any atom is -0.350 e. The summed E-state index contributed by atoms with van der Waals surface area (Å²) < 4.78 is 11.3. The van der Waals surface area contributed by atoms with Crippen molar-refractivity contribution in [1.82, 2.24) is 4.90 Å². The molecule has 1 unspecified atom stereocenters. The van der Waals surface area contributed by atoms with Gasteiger partial charge in [-0.25, -0.2) is 0 Å². The van der Waals surface area contributed by atoms with Crippen molar-refractivity contribution < 1.29 is 14.3 Å². The monoisotopic (exact) mass is 315 g/mol. The van der Waals surface area contributed by atoms with Crippen LogP contribution in [0.3, 0.4) is 0 Å². The number of carbonyl (C=O) groups is 1. The van der Waals surface area contributed by atoms with Crippen molar-refractivity contribution in [1.29, 1.82) is 0 Å². The molecule has 4 heteroatoms. The SMILES string of the molecule is O=C(C1CCCc2ccccc21)N1CCC(C2OCCO2)CC1. The molecule has 1 atom stereocenters. The second-order valence-corrected chi connectivity index (χ2v) is 6.92. The van der Waals surface area contributed by atoms with E-state index in [0.29, 0.717) is 25.0 Å². The van der Waals surface area contributed by atoms with Gasteiger partial charge in [0.05, 0.1) is 19.1 Å². The molecule has 2 heterocycles. The van der Waals surface area contributed by atoms with Gasteiger partial charge >= 0.3 is 0 Å². The van der Waals surface area contributed by atoms with Crippen LogP contribution in [0.4, 0.5) is 0 Å². The van der Waals surface area contributed by atoms with E-state index in [2.05, 4.69) is 29.2 Å². The van der Waals surface area contributed by atoms with Crippen molar-refractivity contribution in [3.05, 3.63) is 35.4 Å². The number of hydrogen-bond acceptors (Lipinski definition) is 3. The first-order valence-electron chi connectivity index (χ1n) is 8.93. The quantitative estimate of drug-likeness (QED) is 0.842. The summed E-state index contributed by atoms with van der Waals surface area (Å²) in [6, 6.07) is 8.46. The molecule has 124 valence electrons. The summed E-state index contributed by atoms with van der Waals surface area (Å²) >= 11 is 0. The number of carbonyl (C=O) groups excluding carboxylic acids is 1. The Morgan fingerprint density at radius 3 is 2.57 bits per heavy atom. The van der Waals surface area contributed by atoms with Crippen molar-refractivity contribution in [2.24, 2.45) is 5.92 Å². The molecule has 0 N–H and O–H groups in total. The van der Waals surface area contributed by atoms with Gasteiger partial charge in [0, 0.05) is 19.0 Å². The summed E-state index contributed by atoms with van der Waals surface area (Å²) in [5.74, 6) is 0.833. The number of hydrogen-bond donors (Lipinski definition) is 0. The molecule has 1 amide bonds. The number of amides is 1. The van der Waals surface area contributed by atoms with Gasteiger partial charge in [-0.05, 0) is 43.2 Å². The second kappa shape index (κ2) is 6.62. The summed E-state index contributed by atoms with van der Waals surface area (Å²) in [5.41, 5.74) is 2.62. The van der Waals surface area contributed by atoms with Crippen LogP contribution in [0.2, 0.25) is 0 Å². The summed E-state index contributed by atoms with van der Waals surface area (Å²) in [7, 11) is 0. The minimum atomic E-state index is -0.0392. The van der Waals surface area contributed by atoms with Gasteiger partial charge < -0.3 is 14.4 Å². The fourth-order valence-corrected chi connectivity index (χ4v) is 4.27. The van der Waals surface area contributed by atoms with E-state index < -0.39 is 0 Å². The second-order valence-electron chi connectivity index (χ2n) is 6.92. The van der Waals surface area contributed by atoms with E-state index >= 15 is 0 Å². The number of nitrogens with zero attached hydrogens (tertiary/aromatic N) is 1. The largest absolute Gasteiger partial charge is 0.350 e. The zero-order valence-corrected chi connectivity index (χ0v) is 13.6. The van der Waals surface area contributed by atoms with Crippen LogP contribution in [0.25, 0.3) is 0 Å². The third-order valence-electron chi connectivity index (χ3n) is 5.55. The van der Waals surface area contributed by atoms with Gasteiger partial charge in [0.15, 0.2) is 6.29 Å². The van der Waals surface area contributed by atoms with Gasteiger partial charge in [0.25, 0.3) is 0 Å². The molecule has 0 radical (unpaired) electrons. The average Bonchev–Trinajstić information content (AvgIpc) is 3.15. The van der Waals surface area contributed by atoms with Crippen molar-refractivity contribution in [3.63, 3.8) is 0 Å². The standard InChI is InChI=1S/C19H25NO3/c21-18(17-7-3-5-14-4-1-2-6-16(14)17)20-10-8-15(9-11-20)19-22-12-13-23-19/h1-2,4,6,15,17,19H,3,5,7-13H2. The Morgan fingerprint density at radius 2 is 1.78 bits per heavy atom. The van der Waals surface area contributed by atoms with E-state index in [0.717, 1.165) is 45.2 Å². The molecular formula is C19H25NO3. The third-order valence-corrected chi connectivity index (χ3v) is 5.55. The van der Waals surface area contributed by atoms with Gasteiger partial charge in [-0.1, -0.05) is 24.3 Å². The number of aryl methyl sites for hydroxylation is 1. The van der Waals surface area contributed by atoms with Crippen LogP contribution in [0, 0.1) is 5.92 Å². The van der Waals surface area contributed by atoms with Crippen LogP contribution in [-0.4, -0.2) is 43.4 Å². The first kappa shape index (κ1) is 15.2. The van der Waals surface area contributed by atoms with Crippen LogP contribution in [0.5, 0.6) is 0 Å². The molecule has 4 nitrogen and oxygen atoms in total. The molecule has 4 rings (SSSR count). The van der Waals surface area contributed by atoms with Gasteiger partial charge in [-0.2, -0.15) is 0 Å². The Kier molecular flexibility index (Phi) is 4.36. The summed E-state index contributed by atoms with van der Waals surface area (Å²) in [6.07, 6.45) is 5.16. The highest BCUT2D eigenvalue weighted by Crippen LogP contribution is 2.34. The Hall–Kier alpha value is -1.39. The third kappa shape index (κ3) is 3.02. The first-order valence-corrected chi connectivity index (χ1v) is 8.93. The van der Waals surface area contributed by atoms with Crippen LogP contribution in [0.1, 0.15) is 42.7 Å². The van der Waals surface area contributed by atoms with Gasteiger partial charge in [0.2, 0.25) is 5.91 Å². The molecule has 23 heavy (non-hydrogen) atoms. The number of benzene rings is 1. The summed E-state index contributed by atoms with van der Waals surface area (Å²) in [5, 5.41) is 0. The zero-order chi connectivity index (χ0) is 15.6. The predicted molar refractivity (Wildman–Crippen MR) is 87.1 cm³/mol. The van der Waals surface area contributed by atoms with E-state index in [1.807, 2.05) is 0 Å². The molecule has 2 fully saturated rings. The fraction of sp³-hybridized carbons (Fsp3) is 0.632. The Balaban J connectivity index is 1.41. The van der Waals surface area contributed by atoms with Crippen LogP contribution in [-0.2, 0) is 20.7 Å². The molecule has 2 saturated heterocycles. The number of fused-ring (bicyclic) bond motifs is 1. The lowest BCUT2D eigenvalue weighted by molar-refractivity contribution is -0.138. The van der Waals surface area contributed by atoms with Gasteiger partial charge in [-0.15, -0.1) is 0 Å². The lowest BCUT2D eigenvalue weighted by atomic mass is 9.81. The first-order chi connectivity index (χ1) is 11.3. The molecule has 1 aromatic carbocycles. The Morgan fingerprint density at radius 1 is 1.04 bits per heavy atom. The number of piperidine rings is 1. The molecule has 0 saturated carbocycles. The van der Waals surface area contributed by atoms with Crippen molar-refractivity contribution >= 4 is 5.91 Å².